The lowest BCUT2D eigenvalue weighted by molar-refractivity contribution is -0.134. The zero-order chi connectivity index (χ0) is 16.7. The van der Waals surface area contributed by atoms with Gasteiger partial charge in [0.05, 0.1) is 0 Å². The van der Waals surface area contributed by atoms with E-state index in [1.807, 2.05) is 0 Å². The van der Waals surface area contributed by atoms with E-state index in [9.17, 15) is 9.59 Å². The maximum absolute atomic E-state index is 11.8. The van der Waals surface area contributed by atoms with Crippen molar-refractivity contribution in [3.8, 4) is 5.75 Å². The van der Waals surface area contributed by atoms with Crippen molar-refractivity contribution in [3.05, 3.63) is 40.2 Å². The lowest BCUT2D eigenvalue weighted by Gasteiger charge is -2.05. The van der Waals surface area contributed by atoms with Crippen LogP contribution in [0, 0.1) is 6.92 Å². The largest absolute Gasteiger partial charge is 0.426 e. The van der Waals surface area contributed by atoms with Gasteiger partial charge in [-0.3, -0.25) is 4.79 Å². The van der Waals surface area contributed by atoms with Crippen molar-refractivity contribution in [2.24, 2.45) is 0 Å². The van der Waals surface area contributed by atoms with Crippen LogP contribution in [0.2, 0.25) is 0 Å². The number of fused-ring (bicyclic) bond motifs is 1. The first-order chi connectivity index (χ1) is 11.1. The Morgan fingerprint density at radius 2 is 1.83 bits per heavy atom. The van der Waals surface area contributed by atoms with Crippen molar-refractivity contribution in [3.63, 3.8) is 0 Å². The quantitative estimate of drug-likeness (QED) is 0.305. The number of benzene rings is 1. The maximum Gasteiger partial charge on any atom is 0.339 e. The number of rotatable bonds is 8. The molecule has 0 spiro atoms. The Hall–Kier alpha value is -2.10. The van der Waals surface area contributed by atoms with Gasteiger partial charge in [-0.2, -0.15) is 0 Å². The van der Waals surface area contributed by atoms with E-state index in [0.717, 1.165) is 18.2 Å². The van der Waals surface area contributed by atoms with Crippen molar-refractivity contribution in [1.29, 1.82) is 0 Å². The number of ether oxygens (including phenoxy) is 1. The van der Waals surface area contributed by atoms with Crippen LogP contribution >= 0.6 is 0 Å². The average Bonchev–Trinajstić information content (AvgIpc) is 2.52. The molecule has 0 atom stereocenters. The van der Waals surface area contributed by atoms with Crippen LogP contribution < -0.4 is 10.4 Å². The molecule has 0 aliphatic carbocycles. The van der Waals surface area contributed by atoms with Gasteiger partial charge in [-0.05, 0) is 31.5 Å². The minimum atomic E-state index is -0.368. The van der Waals surface area contributed by atoms with E-state index in [0.29, 0.717) is 23.3 Å². The Morgan fingerprint density at radius 3 is 2.61 bits per heavy atom. The molecule has 1 heterocycles. The summed E-state index contributed by atoms with van der Waals surface area (Å²) in [5.41, 5.74) is 0.629. The lowest BCUT2D eigenvalue weighted by Crippen LogP contribution is -2.08. The van der Waals surface area contributed by atoms with Gasteiger partial charge < -0.3 is 9.15 Å². The molecule has 23 heavy (non-hydrogen) atoms. The zero-order valence-corrected chi connectivity index (χ0v) is 13.9. The van der Waals surface area contributed by atoms with Gasteiger partial charge in [0.1, 0.15) is 11.3 Å². The molecule has 4 nitrogen and oxygen atoms in total. The topological polar surface area (TPSA) is 56.5 Å². The van der Waals surface area contributed by atoms with Gasteiger partial charge in [-0.25, -0.2) is 4.79 Å². The van der Waals surface area contributed by atoms with E-state index in [1.54, 1.807) is 31.2 Å². The third-order valence-electron chi connectivity index (χ3n) is 3.85. The normalized spacial score (nSPS) is 10.9. The summed E-state index contributed by atoms with van der Waals surface area (Å²) in [6.07, 6.45) is 7.20. The number of carbonyl (C=O) groups excluding carboxylic acids is 1. The molecule has 1 aromatic carbocycles. The smallest absolute Gasteiger partial charge is 0.339 e. The van der Waals surface area contributed by atoms with E-state index in [4.69, 9.17) is 9.15 Å². The Morgan fingerprint density at radius 1 is 1.09 bits per heavy atom. The average molecular weight is 316 g/mol. The molecule has 0 N–H and O–H groups in total. The highest BCUT2D eigenvalue weighted by atomic mass is 16.5. The molecule has 0 amide bonds. The summed E-state index contributed by atoms with van der Waals surface area (Å²) in [7, 11) is 0. The third-order valence-corrected chi connectivity index (χ3v) is 3.85. The van der Waals surface area contributed by atoms with Gasteiger partial charge in [0.25, 0.3) is 0 Å². The highest BCUT2D eigenvalue weighted by Crippen LogP contribution is 2.21. The molecule has 0 fully saturated rings. The van der Waals surface area contributed by atoms with E-state index >= 15 is 0 Å². The van der Waals surface area contributed by atoms with Crippen LogP contribution in [0.15, 0.2) is 33.5 Å². The Balaban J connectivity index is 1.87. The summed E-state index contributed by atoms with van der Waals surface area (Å²) in [5.74, 6) is 0.176. The summed E-state index contributed by atoms with van der Waals surface area (Å²) < 4.78 is 10.5. The fraction of sp³-hybridized carbons (Fsp3) is 0.474. The number of hydrogen-bond donors (Lipinski definition) is 0. The Bertz CT molecular complexity index is 715. The molecular weight excluding hydrogens is 292 g/mol. The molecule has 0 aliphatic rings. The van der Waals surface area contributed by atoms with Crippen molar-refractivity contribution in [2.45, 2.75) is 58.8 Å². The highest BCUT2D eigenvalue weighted by Gasteiger charge is 2.07. The Kier molecular flexibility index (Phi) is 6.39. The minimum Gasteiger partial charge on any atom is -0.426 e. The van der Waals surface area contributed by atoms with Gasteiger partial charge in [0.15, 0.2) is 0 Å². The second-order valence-corrected chi connectivity index (χ2v) is 5.91. The van der Waals surface area contributed by atoms with Crippen LogP contribution in [0.3, 0.4) is 0 Å². The number of aryl methyl sites for hydroxylation is 1. The van der Waals surface area contributed by atoms with E-state index in [2.05, 4.69) is 6.92 Å². The van der Waals surface area contributed by atoms with Gasteiger partial charge >= 0.3 is 11.6 Å². The summed E-state index contributed by atoms with van der Waals surface area (Å²) >= 11 is 0. The molecule has 0 saturated heterocycles. The number of carbonyl (C=O) groups is 1. The van der Waals surface area contributed by atoms with Crippen molar-refractivity contribution in [1.82, 2.24) is 0 Å². The van der Waals surface area contributed by atoms with Gasteiger partial charge in [0, 0.05) is 23.4 Å². The van der Waals surface area contributed by atoms with Gasteiger partial charge in [-0.15, -0.1) is 0 Å². The summed E-state index contributed by atoms with van der Waals surface area (Å²) in [6, 6.07) is 6.87. The monoisotopic (exact) mass is 316 g/mol. The summed E-state index contributed by atoms with van der Waals surface area (Å²) in [6.45, 7) is 3.89. The molecular formula is C19H24O4. The van der Waals surface area contributed by atoms with Crippen LogP contribution in [-0.4, -0.2) is 5.97 Å². The predicted octanol–water partition coefficient (Wildman–Crippen LogP) is 4.76. The number of esters is 1. The molecule has 0 aliphatic heterocycles. The minimum absolute atomic E-state index is 0.241. The fourth-order valence-electron chi connectivity index (χ4n) is 2.49. The second-order valence-electron chi connectivity index (χ2n) is 5.91. The van der Waals surface area contributed by atoms with Crippen LogP contribution in [-0.2, 0) is 4.79 Å². The second kappa shape index (κ2) is 8.51. The first kappa shape index (κ1) is 17.3. The highest BCUT2D eigenvalue weighted by molar-refractivity contribution is 5.80. The fourth-order valence-corrected chi connectivity index (χ4v) is 2.49. The summed E-state index contributed by atoms with van der Waals surface area (Å²) in [4.78, 5) is 23.4. The molecule has 124 valence electrons. The molecule has 4 heteroatoms. The molecule has 1 aromatic heterocycles. The van der Waals surface area contributed by atoms with Crippen molar-refractivity contribution in [2.75, 3.05) is 0 Å². The molecule has 2 rings (SSSR count). The molecule has 2 aromatic rings. The van der Waals surface area contributed by atoms with Crippen LogP contribution in [0.25, 0.3) is 11.0 Å². The predicted molar refractivity (Wildman–Crippen MR) is 90.8 cm³/mol. The van der Waals surface area contributed by atoms with E-state index in [1.165, 1.54) is 25.7 Å². The van der Waals surface area contributed by atoms with Crippen LogP contribution in [0.1, 0.15) is 57.4 Å². The van der Waals surface area contributed by atoms with E-state index in [-0.39, 0.29) is 11.6 Å². The van der Waals surface area contributed by atoms with E-state index < -0.39 is 0 Å². The number of unbranched alkanes of at least 4 members (excludes halogenated alkanes) is 5. The SMILES string of the molecule is CCCCCCCCC(=O)Oc1ccc2cc(C)c(=O)oc2c1. The van der Waals surface area contributed by atoms with Crippen LogP contribution in [0.5, 0.6) is 5.75 Å². The Labute approximate surface area is 136 Å². The molecule has 0 unspecified atom stereocenters. The first-order valence-corrected chi connectivity index (χ1v) is 8.35. The molecule has 0 radical (unpaired) electrons. The van der Waals surface area contributed by atoms with Crippen molar-refractivity contribution >= 4 is 16.9 Å². The van der Waals surface area contributed by atoms with Crippen molar-refractivity contribution < 1.29 is 13.9 Å². The molecule has 0 bridgehead atoms. The standard InChI is InChI=1S/C19H24O4/c1-3-4-5-6-7-8-9-18(20)22-16-11-10-15-12-14(2)19(21)23-17(15)13-16/h10-13H,3-9H2,1-2H3. The third kappa shape index (κ3) is 5.23. The maximum atomic E-state index is 11.8. The lowest BCUT2D eigenvalue weighted by atomic mass is 10.1. The van der Waals surface area contributed by atoms with Gasteiger partial charge in [0.2, 0.25) is 0 Å². The zero-order valence-electron chi connectivity index (χ0n) is 13.9. The molecule has 0 saturated carbocycles. The first-order valence-electron chi connectivity index (χ1n) is 8.35. The van der Waals surface area contributed by atoms with Gasteiger partial charge in [-0.1, -0.05) is 39.0 Å². The van der Waals surface area contributed by atoms with Crippen LogP contribution in [0.4, 0.5) is 0 Å². The number of hydrogen-bond acceptors (Lipinski definition) is 4. The summed E-state index contributed by atoms with van der Waals surface area (Å²) in [5, 5.41) is 0.817.